The first-order valence-electron chi connectivity index (χ1n) is 13.7. The van der Waals surface area contributed by atoms with Gasteiger partial charge in [0.15, 0.2) is 0 Å². The largest absolute Gasteiger partial charge is 0.450 e. The second-order valence-corrected chi connectivity index (χ2v) is 11.8. The van der Waals surface area contributed by atoms with E-state index in [9.17, 15) is 9.59 Å². The van der Waals surface area contributed by atoms with Crippen LogP contribution in [0, 0.1) is 5.92 Å². The summed E-state index contributed by atoms with van der Waals surface area (Å²) in [5.41, 5.74) is 3.08. The Morgan fingerprint density at radius 1 is 1.14 bits per heavy atom. The lowest BCUT2D eigenvalue weighted by Crippen LogP contribution is -2.49. The maximum atomic E-state index is 12.6. The van der Waals surface area contributed by atoms with Crippen molar-refractivity contribution in [3.63, 3.8) is 0 Å². The summed E-state index contributed by atoms with van der Waals surface area (Å²) in [5, 5.41) is 3.24. The quantitative estimate of drug-likeness (QED) is 0.643. The van der Waals surface area contributed by atoms with E-state index in [-0.39, 0.29) is 30.5 Å². The number of hydrogen-bond acceptors (Lipinski definition) is 4. The van der Waals surface area contributed by atoms with Gasteiger partial charge in [0.1, 0.15) is 0 Å². The zero-order valence-electron chi connectivity index (χ0n) is 21.5. The maximum absolute atomic E-state index is 12.6. The van der Waals surface area contributed by atoms with Crippen LogP contribution < -0.4 is 5.32 Å². The van der Waals surface area contributed by atoms with Gasteiger partial charge in [-0.2, -0.15) is 0 Å². The number of likely N-dealkylation sites (tertiary alicyclic amines) is 2. The topological polar surface area (TPSA) is 64.9 Å². The number of ether oxygens (including phenoxy) is 1. The van der Waals surface area contributed by atoms with Crippen LogP contribution in [0.25, 0.3) is 0 Å². The van der Waals surface area contributed by atoms with Crippen LogP contribution in [-0.2, 0) is 10.2 Å². The zero-order chi connectivity index (χ0) is 24.4. The van der Waals surface area contributed by atoms with Gasteiger partial charge in [0.2, 0.25) is 0 Å². The molecule has 1 aromatic rings. The zero-order valence-corrected chi connectivity index (χ0v) is 21.5. The molecule has 2 aliphatic heterocycles. The summed E-state index contributed by atoms with van der Waals surface area (Å²) < 4.78 is 5.38. The van der Waals surface area contributed by atoms with Crippen molar-refractivity contribution in [2.24, 2.45) is 5.92 Å². The molecule has 1 N–H and O–H groups in total. The number of nitrogens with zero attached hydrogens (tertiary/aromatic N) is 3. The lowest BCUT2D eigenvalue weighted by Gasteiger charge is -2.48. The number of piperidine rings is 2. The molecule has 0 aromatic heterocycles. The Morgan fingerprint density at radius 3 is 2.66 bits per heavy atom. The van der Waals surface area contributed by atoms with Crippen molar-refractivity contribution in [3.05, 3.63) is 35.4 Å². The number of benzene rings is 1. The average molecular weight is 483 g/mol. The Morgan fingerprint density at radius 2 is 1.91 bits per heavy atom. The monoisotopic (exact) mass is 482 g/mol. The highest BCUT2D eigenvalue weighted by Gasteiger charge is 2.75. The number of hydrogen-bond donors (Lipinski definition) is 1. The molecule has 2 saturated heterocycles. The molecule has 2 saturated carbocycles. The average Bonchev–Trinajstić information content (AvgIpc) is 3.12. The second-order valence-electron chi connectivity index (χ2n) is 11.8. The van der Waals surface area contributed by atoms with Crippen molar-refractivity contribution in [2.45, 2.75) is 87.4 Å². The number of rotatable bonds is 3. The molecule has 35 heavy (non-hydrogen) atoms. The number of nitrogens with one attached hydrogen (secondary N) is 1. The van der Waals surface area contributed by atoms with E-state index in [4.69, 9.17) is 4.74 Å². The number of carbonyl (C=O) groups excluding carboxylic acids is 2. The molecule has 3 aliphatic carbocycles. The fourth-order valence-electron chi connectivity index (χ4n) is 8.41. The van der Waals surface area contributed by atoms with Crippen molar-refractivity contribution < 1.29 is 15.8 Å². The van der Waals surface area contributed by atoms with Gasteiger partial charge >= 0.3 is 12.1 Å². The molecule has 2 spiro atoms. The molecule has 1 aromatic carbocycles. The van der Waals surface area contributed by atoms with Crippen molar-refractivity contribution in [1.29, 1.82) is 0 Å². The Balaban J connectivity index is 0.00000267. The van der Waals surface area contributed by atoms with Gasteiger partial charge < -0.3 is 19.9 Å². The van der Waals surface area contributed by atoms with E-state index < -0.39 is 0 Å². The Bertz CT molecular complexity index is 1010. The molecule has 0 radical (unpaired) electrons. The first kappa shape index (κ1) is 23.1. The number of amides is 3. The highest BCUT2D eigenvalue weighted by atomic mass is 16.6. The van der Waals surface area contributed by atoms with Gasteiger partial charge in [-0.15, -0.1) is 0 Å². The summed E-state index contributed by atoms with van der Waals surface area (Å²) in [7, 11) is 3.60. The van der Waals surface area contributed by atoms with E-state index in [1.54, 1.807) is 19.0 Å². The minimum absolute atomic E-state index is 0. The van der Waals surface area contributed by atoms with Crippen molar-refractivity contribution >= 4 is 12.1 Å². The van der Waals surface area contributed by atoms with Gasteiger partial charge in [0.25, 0.3) is 0 Å². The molecule has 5 atom stereocenters. The summed E-state index contributed by atoms with van der Waals surface area (Å²) in [6.45, 7) is 4.61. The van der Waals surface area contributed by atoms with Gasteiger partial charge in [0, 0.05) is 21.6 Å². The van der Waals surface area contributed by atoms with Crippen LogP contribution >= 0.6 is 0 Å². The molecule has 0 bridgehead atoms. The summed E-state index contributed by atoms with van der Waals surface area (Å²) in [6, 6.07) is 9.90. The predicted octanol–water partition coefficient (Wildman–Crippen LogP) is 4.52. The molecule has 5 aliphatic rings. The van der Waals surface area contributed by atoms with Gasteiger partial charge in [0.05, 0.1) is 24.2 Å². The smallest absolute Gasteiger partial charge is 0.410 e. The Kier molecular flexibility index (Phi) is 5.55. The highest BCUT2D eigenvalue weighted by Crippen LogP contribution is 2.65. The van der Waals surface area contributed by atoms with Gasteiger partial charge in [-0.25, -0.2) is 9.59 Å². The molecule has 4 unspecified atom stereocenters. The number of fused-ring (bicyclic) bond motifs is 2. The maximum Gasteiger partial charge on any atom is 0.410 e. The van der Waals surface area contributed by atoms with Crippen LogP contribution in [0.2, 0.25) is 0 Å². The van der Waals surface area contributed by atoms with Crippen molar-refractivity contribution in [3.8, 4) is 0 Å². The molecule has 2 heterocycles. The van der Waals surface area contributed by atoms with Crippen LogP contribution in [0.4, 0.5) is 9.59 Å². The summed E-state index contributed by atoms with van der Waals surface area (Å²) >= 11 is 0. The van der Waals surface area contributed by atoms with Crippen LogP contribution in [0.1, 0.15) is 76.9 Å². The SMILES string of the molecule is CCOC(=O)N1C2CCC3CC(N4CCC5(CC[C@H](NC(=O)N(C)C)c6ccccc65)CC4)CC321.[HH]. The fraction of sp³-hybridized carbons (Fsp3) is 0.714. The molecule has 3 amide bonds. The summed E-state index contributed by atoms with van der Waals surface area (Å²) in [5.74, 6) is 0.647. The van der Waals surface area contributed by atoms with Crippen LogP contribution in [0.15, 0.2) is 24.3 Å². The highest BCUT2D eigenvalue weighted by molar-refractivity contribution is 5.75. The minimum atomic E-state index is -0.0878. The molecule has 7 nitrogen and oxygen atoms in total. The van der Waals surface area contributed by atoms with Crippen molar-refractivity contribution in [2.75, 3.05) is 33.8 Å². The third-order valence-electron chi connectivity index (χ3n) is 10.1. The van der Waals surface area contributed by atoms with Crippen LogP contribution in [-0.4, -0.2) is 78.2 Å². The molecule has 192 valence electrons. The molecular formula is C28H42N4O3. The van der Waals surface area contributed by atoms with E-state index >= 15 is 0 Å². The van der Waals surface area contributed by atoms with Crippen molar-refractivity contribution in [1.82, 2.24) is 20.0 Å². The predicted molar refractivity (Wildman–Crippen MR) is 136 cm³/mol. The Labute approximate surface area is 210 Å². The normalized spacial score (nSPS) is 34.7. The molecule has 7 heteroatoms. The number of urea groups is 1. The standard InChI is InChI=1S/C28H40N4O3.H2/c1-4-35-26(34)32-24-10-9-19-17-20(18-28(19,24)32)31-15-13-27(14-16-31)12-11-23(29-25(33)30(2)3)21-7-5-6-8-22(21)27;/h5-8,19-20,23-24H,4,9-18H2,1-3H3,(H,29,33);1H/t19?,20?,23-,24?,28?,32?;/m0./s1. The van der Waals surface area contributed by atoms with E-state index in [1.807, 2.05) is 6.92 Å². The van der Waals surface area contributed by atoms with Crippen LogP contribution in [0.3, 0.4) is 0 Å². The summed E-state index contributed by atoms with van der Waals surface area (Å²) in [6.07, 6.45) is 9.18. The van der Waals surface area contributed by atoms with E-state index in [0.717, 1.165) is 38.8 Å². The fourth-order valence-corrected chi connectivity index (χ4v) is 8.41. The Hall–Kier alpha value is -2.28. The van der Waals surface area contributed by atoms with Gasteiger partial charge in [-0.3, -0.25) is 4.90 Å². The van der Waals surface area contributed by atoms with E-state index in [0.29, 0.717) is 24.6 Å². The lowest BCUT2D eigenvalue weighted by atomic mass is 9.63. The lowest BCUT2D eigenvalue weighted by molar-refractivity contribution is 0.0991. The molecule has 6 rings (SSSR count). The third-order valence-corrected chi connectivity index (χ3v) is 10.1. The summed E-state index contributed by atoms with van der Waals surface area (Å²) in [4.78, 5) is 31.4. The molecule has 4 fully saturated rings. The first-order valence-corrected chi connectivity index (χ1v) is 13.7. The minimum Gasteiger partial charge on any atom is -0.450 e. The number of carbonyl (C=O) groups is 2. The van der Waals surface area contributed by atoms with E-state index in [1.165, 1.54) is 36.8 Å². The van der Waals surface area contributed by atoms with Gasteiger partial charge in [-0.05, 0) is 93.8 Å². The van der Waals surface area contributed by atoms with E-state index in [2.05, 4.69) is 39.4 Å². The molecular weight excluding hydrogens is 440 g/mol. The second kappa shape index (κ2) is 8.39. The third kappa shape index (κ3) is 3.48. The van der Waals surface area contributed by atoms with Crippen LogP contribution in [0.5, 0.6) is 0 Å². The first-order chi connectivity index (χ1) is 16.9. The van der Waals surface area contributed by atoms with Gasteiger partial charge in [-0.1, -0.05) is 24.3 Å².